The molecule has 0 atom stereocenters. The van der Waals surface area contributed by atoms with E-state index in [1.165, 1.54) is 17.4 Å². The van der Waals surface area contributed by atoms with E-state index in [0.717, 1.165) is 12.0 Å². The summed E-state index contributed by atoms with van der Waals surface area (Å²) in [6.45, 7) is 2.02. The van der Waals surface area contributed by atoms with Gasteiger partial charge in [-0.05, 0) is 29.5 Å². The highest BCUT2D eigenvalue weighted by Crippen LogP contribution is 2.21. The van der Waals surface area contributed by atoms with E-state index in [9.17, 15) is 9.59 Å². The van der Waals surface area contributed by atoms with E-state index < -0.39 is 5.97 Å². The van der Waals surface area contributed by atoms with Crippen LogP contribution in [0.5, 0.6) is 0 Å². The maximum absolute atomic E-state index is 12.2. The van der Waals surface area contributed by atoms with Gasteiger partial charge >= 0.3 is 5.97 Å². The Morgan fingerprint density at radius 3 is 2.44 bits per heavy atom. The molecule has 0 aliphatic carbocycles. The average Bonchev–Trinajstić information content (AvgIpc) is 2.86. The lowest BCUT2D eigenvalue weighted by Crippen LogP contribution is -2.08. The predicted octanol–water partition coefficient (Wildman–Crippen LogP) is 3.24. The summed E-state index contributed by atoms with van der Waals surface area (Å²) in [6.07, 6.45) is 0.865. The molecule has 0 saturated heterocycles. The number of hydrogen-bond donors (Lipinski definition) is 1. The van der Waals surface area contributed by atoms with Gasteiger partial charge in [0.1, 0.15) is 0 Å². The van der Waals surface area contributed by atoms with Crippen LogP contribution in [0, 0.1) is 0 Å². The van der Waals surface area contributed by atoms with Crippen molar-refractivity contribution >= 4 is 23.1 Å². The first-order valence-electron chi connectivity index (χ1n) is 5.58. The molecule has 92 valence electrons. The van der Waals surface area contributed by atoms with Crippen LogP contribution in [0.2, 0.25) is 0 Å². The molecule has 2 aromatic rings. The van der Waals surface area contributed by atoms with Crippen molar-refractivity contribution in [1.29, 1.82) is 0 Å². The molecule has 2 rings (SSSR count). The Hall–Kier alpha value is -1.94. The Morgan fingerprint density at radius 1 is 1.22 bits per heavy atom. The van der Waals surface area contributed by atoms with Crippen molar-refractivity contribution in [2.75, 3.05) is 0 Å². The van der Waals surface area contributed by atoms with Gasteiger partial charge in [-0.25, -0.2) is 4.79 Å². The van der Waals surface area contributed by atoms with Crippen LogP contribution in [0.3, 0.4) is 0 Å². The molecule has 0 fully saturated rings. The molecule has 0 aliphatic rings. The second-order valence-electron chi connectivity index (χ2n) is 3.85. The van der Waals surface area contributed by atoms with Gasteiger partial charge in [0, 0.05) is 5.56 Å². The van der Waals surface area contributed by atoms with E-state index >= 15 is 0 Å². The largest absolute Gasteiger partial charge is 0.478 e. The van der Waals surface area contributed by atoms with Crippen LogP contribution < -0.4 is 0 Å². The van der Waals surface area contributed by atoms with E-state index in [2.05, 4.69) is 0 Å². The molecular formula is C14H12O3S. The van der Waals surface area contributed by atoms with Gasteiger partial charge in [-0.2, -0.15) is 0 Å². The van der Waals surface area contributed by atoms with Gasteiger partial charge in [0.15, 0.2) is 0 Å². The number of ketones is 1. The van der Waals surface area contributed by atoms with Crippen LogP contribution in [-0.2, 0) is 6.42 Å². The number of carbonyl (C=O) groups is 2. The third-order valence-corrected chi connectivity index (χ3v) is 3.67. The van der Waals surface area contributed by atoms with Crippen LogP contribution in [-0.4, -0.2) is 16.9 Å². The molecule has 1 heterocycles. The van der Waals surface area contributed by atoms with E-state index in [4.69, 9.17) is 5.11 Å². The van der Waals surface area contributed by atoms with Crippen LogP contribution in [0.15, 0.2) is 35.7 Å². The van der Waals surface area contributed by atoms with Gasteiger partial charge < -0.3 is 5.11 Å². The second-order valence-corrected chi connectivity index (χ2v) is 4.76. The van der Waals surface area contributed by atoms with Crippen molar-refractivity contribution < 1.29 is 14.7 Å². The topological polar surface area (TPSA) is 54.4 Å². The van der Waals surface area contributed by atoms with Crippen molar-refractivity contribution in [3.8, 4) is 0 Å². The third-order valence-electron chi connectivity index (χ3n) is 2.69. The van der Waals surface area contributed by atoms with Gasteiger partial charge in [-0.1, -0.05) is 25.1 Å². The predicted molar refractivity (Wildman–Crippen MR) is 70.5 cm³/mol. The SMILES string of the molecule is CCc1csc(C(=O)c2ccccc2C(=O)O)c1. The Balaban J connectivity index is 2.42. The lowest BCUT2D eigenvalue weighted by Gasteiger charge is -2.02. The second kappa shape index (κ2) is 5.14. The molecule has 0 bridgehead atoms. The Morgan fingerprint density at radius 2 is 1.89 bits per heavy atom. The zero-order valence-corrected chi connectivity index (χ0v) is 10.7. The molecule has 0 radical (unpaired) electrons. The van der Waals surface area contributed by atoms with Crippen molar-refractivity contribution in [3.63, 3.8) is 0 Å². The summed E-state index contributed by atoms with van der Waals surface area (Å²) in [5.41, 5.74) is 1.39. The molecule has 0 aliphatic heterocycles. The van der Waals surface area contributed by atoms with E-state index in [-0.39, 0.29) is 16.9 Å². The minimum Gasteiger partial charge on any atom is -0.478 e. The molecule has 0 unspecified atom stereocenters. The zero-order valence-electron chi connectivity index (χ0n) is 9.84. The molecule has 0 spiro atoms. The number of thiophene rings is 1. The summed E-state index contributed by atoms with van der Waals surface area (Å²) in [7, 11) is 0. The summed E-state index contributed by atoms with van der Waals surface area (Å²) >= 11 is 1.36. The highest BCUT2D eigenvalue weighted by Gasteiger charge is 2.18. The fourth-order valence-corrected chi connectivity index (χ4v) is 2.63. The molecule has 0 saturated carbocycles. The number of aromatic carboxylic acids is 1. The number of hydrogen-bond acceptors (Lipinski definition) is 3. The first-order valence-corrected chi connectivity index (χ1v) is 6.46. The fraction of sp³-hybridized carbons (Fsp3) is 0.143. The maximum Gasteiger partial charge on any atom is 0.336 e. The van der Waals surface area contributed by atoms with Crippen LogP contribution in [0.25, 0.3) is 0 Å². The summed E-state index contributed by atoms with van der Waals surface area (Å²) in [6, 6.07) is 8.12. The smallest absolute Gasteiger partial charge is 0.336 e. The first kappa shape index (κ1) is 12.5. The quantitative estimate of drug-likeness (QED) is 0.858. The number of carbonyl (C=O) groups excluding carboxylic acids is 1. The highest BCUT2D eigenvalue weighted by atomic mass is 32.1. The molecule has 1 N–H and O–H groups in total. The number of rotatable bonds is 4. The van der Waals surface area contributed by atoms with Gasteiger partial charge in [-0.3, -0.25) is 4.79 Å². The minimum absolute atomic E-state index is 0.0500. The lowest BCUT2D eigenvalue weighted by molar-refractivity contribution is 0.0693. The zero-order chi connectivity index (χ0) is 13.1. The van der Waals surface area contributed by atoms with Crippen molar-refractivity contribution in [3.05, 3.63) is 57.3 Å². The maximum atomic E-state index is 12.2. The molecular weight excluding hydrogens is 248 g/mol. The number of carboxylic acid groups (broad SMARTS) is 1. The van der Waals surface area contributed by atoms with E-state index in [1.807, 2.05) is 18.4 Å². The summed E-state index contributed by atoms with van der Waals surface area (Å²) in [5.74, 6) is -1.30. The monoisotopic (exact) mass is 260 g/mol. The van der Waals surface area contributed by atoms with Gasteiger partial charge in [0.25, 0.3) is 0 Å². The summed E-state index contributed by atoms with van der Waals surface area (Å²) < 4.78 is 0. The average molecular weight is 260 g/mol. The summed E-state index contributed by atoms with van der Waals surface area (Å²) in [5, 5.41) is 11.0. The molecule has 3 nitrogen and oxygen atoms in total. The minimum atomic E-state index is -1.08. The van der Waals surface area contributed by atoms with Crippen LogP contribution >= 0.6 is 11.3 Å². The number of carboxylic acids is 1. The molecule has 1 aromatic carbocycles. The highest BCUT2D eigenvalue weighted by molar-refractivity contribution is 7.12. The van der Waals surface area contributed by atoms with Crippen LogP contribution in [0.4, 0.5) is 0 Å². The summed E-state index contributed by atoms with van der Waals surface area (Å²) in [4.78, 5) is 23.9. The Bertz CT molecular complexity index is 599. The molecule has 0 amide bonds. The molecule has 1 aromatic heterocycles. The number of benzene rings is 1. The van der Waals surface area contributed by atoms with Gasteiger partial charge in [-0.15, -0.1) is 11.3 Å². The Kier molecular flexibility index (Phi) is 3.58. The fourth-order valence-electron chi connectivity index (χ4n) is 1.68. The standard InChI is InChI=1S/C14H12O3S/c1-2-9-7-12(18-8-9)13(15)10-5-3-4-6-11(10)14(16)17/h3-8H,2H2,1H3,(H,16,17). The van der Waals surface area contributed by atoms with Crippen molar-refractivity contribution in [2.45, 2.75) is 13.3 Å². The van der Waals surface area contributed by atoms with E-state index in [1.54, 1.807) is 18.2 Å². The van der Waals surface area contributed by atoms with Gasteiger partial charge in [0.2, 0.25) is 5.78 Å². The molecule has 4 heteroatoms. The van der Waals surface area contributed by atoms with Crippen molar-refractivity contribution in [1.82, 2.24) is 0 Å². The van der Waals surface area contributed by atoms with Gasteiger partial charge in [0.05, 0.1) is 10.4 Å². The van der Waals surface area contributed by atoms with E-state index in [0.29, 0.717) is 4.88 Å². The normalized spacial score (nSPS) is 10.3. The molecule has 18 heavy (non-hydrogen) atoms. The van der Waals surface area contributed by atoms with Crippen molar-refractivity contribution in [2.24, 2.45) is 0 Å². The first-order chi connectivity index (χ1) is 8.63. The Labute approximate surface area is 109 Å². The lowest BCUT2D eigenvalue weighted by atomic mass is 10.0. The number of aryl methyl sites for hydroxylation is 1. The van der Waals surface area contributed by atoms with Crippen LogP contribution in [0.1, 0.15) is 38.1 Å². The third kappa shape index (κ3) is 2.33.